The number of benzene rings is 1. The van der Waals surface area contributed by atoms with Crippen LogP contribution < -0.4 is 0 Å². The smallest absolute Gasteiger partial charge is 0.0440 e. The van der Waals surface area contributed by atoms with Gasteiger partial charge in [-0.05, 0) is 31.0 Å². The van der Waals surface area contributed by atoms with Crippen LogP contribution in [-0.4, -0.2) is 11.7 Å². The highest BCUT2D eigenvalue weighted by molar-refractivity contribution is 5.36. The highest BCUT2D eigenvalue weighted by atomic mass is 16.2. The topological polar surface area (TPSA) is 20.2 Å². The molecule has 1 rings (SSSR count). The Hall–Kier alpha value is -1.26. The fourth-order valence-electron chi connectivity index (χ4n) is 1.05. The molecule has 1 aromatic carbocycles. The summed E-state index contributed by atoms with van der Waals surface area (Å²) in [4.78, 5) is 0. The Bertz CT molecular complexity index is 317. The number of aliphatic hydroxyl groups excluding tert-OH is 1. The van der Waals surface area contributed by atoms with Gasteiger partial charge in [0.25, 0.3) is 0 Å². The number of rotatable bonds is 2. The average Bonchev–Trinajstić information content (AvgIpc) is 2.13. The standard InChI is InChI=1S/C12H14O/c1-11-6-5-8-12(10-11)7-3-2-4-9-13/h5-6,8,10,13H,2,4,9H2,1H3. The summed E-state index contributed by atoms with van der Waals surface area (Å²) in [7, 11) is 0. The van der Waals surface area contributed by atoms with Gasteiger partial charge >= 0.3 is 0 Å². The molecule has 68 valence electrons. The van der Waals surface area contributed by atoms with Gasteiger partial charge in [0, 0.05) is 18.6 Å². The summed E-state index contributed by atoms with van der Waals surface area (Å²) in [5, 5.41) is 8.54. The van der Waals surface area contributed by atoms with Crippen molar-refractivity contribution in [2.75, 3.05) is 6.61 Å². The van der Waals surface area contributed by atoms with E-state index in [1.165, 1.54) is 5.56 Å². The van der Waals surface area contributed by atoms with E-state index < -0.39 is 0 Å². The van der Waals surface area contributed by atoms with Crippen molar-refractivity contribution >= 4 is 0 Å². The Kier molecular flexibility index (Phi) is 4.08. The first-order valence-electron chi connectivity index (χ1n) is 4.49. The van der Waals surface area contributed by atoms with Gasteiger partial charge in [-0.1, -0.05) is 24.0 Å². The van der Waals surface area contributed by atoms with Crippen molar-refractivity contribution in [1.82, 2.24) is 0 Å². The summed E-state index contributed by atoms with van der Waals surface area (Å²) in [6.45, 7) is 2.28. The largest absolute Gasteiger partial charge is 0.396 e. The molecule has 1 nitrogen and oxygen atoms in total. The average molecular weight is 174 g/mol. The molecule has 0 aliphatic rings. The first kappa shape index (κ1) is 9.83. The highest BCUT2D eigenvalue weighted by Crippen LogP contribution is 2.01. The van der Waals surface area contributed by atoms with Gasteiger partial charge in [0.1, 0.15) is 0 Å². The van der Waals surface area contributed by atoms with E-state index in [4.69, 9.17) is 5.11 Å². The molecule has 0 radical (unpaired) electrons. The van der Waals surface area contributed by atoms with Gasteiger partial charge in [0.2, 0.25) is 0 Å². The summed E-state index contributed by atoms with van der Waals surface area (Å²) in [6, 6.07) is 8.12. The van der Waals surface area contributed by atoms with Crippen LogP contribution in [0.15, 0.2) is 24.3 Å². The number of unbranched alkanes of at least 4 members (excludes halogenated alkanes) is 1. The maximum Gasteiger partial charge on any atom is 0.0440 e. The number of hydrogen-bond acceptors (Lipinski definition) is 1. The minimum Gasteiger partial charge on any atom is -0.396 e. The van der Waals surface area contributed by atoms with Crippen molar-refractivity contribution in [2.45, 2.75) is 19.8 Å². The second-order valence-corrected chi connectivity index (χ2v) is 3.00. The fourth-order valence-corrected chi connectivity index (χ4v) is 1.05. The van der Waals surface area contributed by atoms with Crippen LogP contribution >= 0.6 is 0 Å². The van der Waals surface area contributed by atoms with Crippen molar-refractivity contribution in [3.63, 3.8) is 0 Å². The number of aliphatic hydroxyl groups is 1. The monoisotopic (exact) mass is 174 g/mol. The Morgan fingerprint density at radius 2 is 2.23 bits per heavy atom. The second-order valence-electron chi connectivity index (χ2n) is 3.00. The predicted octanol–water partition coefficient (Wildman–Crippen LogP) is 2.12. The molecular weight excluding hydrogens is 160 g/mol. The Morgan fingerprint density at radius 1 is 1.38 bits per heavy atom. The van der Waals surface area contributed by atoms with Crippen LogP contribution in [0.4, 0.5) is 0 Å². The lowest BCUT2D eigenvalue weighted by molar-refractivity contribution is 0.290. The van der Waals surface area contributed by atoms with Gasteiger partial charge in [-0.3, -0.25) is 0 Å². The number of hydrogen-bond donors (Lipinski definition) is 1. The van der Waals surface area contributed by atoms with Crippen LogP contribution in [0.3, 0.4) is 0 Å². The lowest BCUT2D eigenvalue weighted by Gasteiger charge is -1.92. The van der Waals surface area contributed by atoms with Gasteiger partial charge in [-0.25, -0.2) is 0 Å². The third-order valence-corrected chi connectivity index (χ3v) is 1.71. The van der Waals surface area contributed by atoms with E-state index >= 15 is 0 Å². The zero-order chi connectivity index (χ0) is 9.52. The van der Waals surface area contributed by atoms with E-state index in [0.717, 1.165) is 18.4 Å². The highest BCUT2D eigenvalue weighted by Gasteiger charge is 1.86. The zero-order valence-electron chi connectivity index (χ0n) is 7.88. The van der Waals surface area contributed by atoms with Crippen LogP contribution in [0.2, 0.25) is 0 Å². The summed E-state index contributed by atoms with van der Waals surface area (Å²) < 4.78 is 0. The molecule has 0 aliphatic heterocycles. The summed E-state index contributed by atoms with van der Waals surface area (Å²) in [6.07, 6.45) is 1.53. The van der Waals surface area contributed by atoms with E-state index in [-0.39, 0.29) is 6.61 Å². The second kappa shape index (κ2) is 5.40. The number of aryl methyl sites for hydroxylation is 1. The predicted molar refractivity (Wildman–Crippen MR) is 54.4 cm³/mol. The van der Waals surface area contributed by atoms with Crippen molar-refractivity contribution in [3.8, 4) is 11.8 Å². The third-order valence-electron chi connectivity index (χ3n) is 1.71. The summed E-state index contributed by atoms with van der Waals surface area (Å²) in [5.74, 6) is 6.08. The lowest BCUT2D eigenvalue weighted by Crippen LogP contribution is -1.80. The van der Waals surface area contributed by atoms with Crippen LogP contribution in [0, 0.1) is 18.8 Å². The molecule has 0 unspecified atom stereocenters. The molecule has 13 heavy (non-hydrogen) atoms. The Morgan fingerprint density at radius 3 is 2.92 bits per heavy atom. The van der Waals surface area contributed by atoms with Gasteiger partial charge in [-0.2, -0.15) is 0 Å². The van der Waals surface area contributed by atoms with Crippen molar-refractivity contribution in [3.05, 3.63) is 35.4 Å². The van der Waals surface area contributed by atoms with E-state index in [2.05, 4.69) is 30.9 Å². The van der Waals surface area contributed by atoms with Crippen molar-refractivity contribution in [1.29, 1.82) is 0 Å². The van der Waals surface area contributed by atoms with Crippen LogP contribution in [0.5, 0.6) is 0 Å². The molecule has 0 spiro atoms. The minimum absolute atomic E-state index is 0.225. The Labute approximate surface area is 79.4 Å². The normalized spacial score (nSPS) is 9.08. The first-order chi connectivity index (χ1) is 6.33. The van der Waals surface area contributed by atoms with Gasteiger partial charge in [-0.15, -0.1) is 0 Å². The van der Waals surface area contributed by atoms with E-state index in [1.807, 2.05) is 12.1 Å². The third kappa shape index (κ3) is 3.78. The molecule has 0 bridgehead atoms. The lowest BCUT2D eigenvalue weighted by atomic mass is 10.1. The molecule has 0 aromatic heterocycles. The van der Waals surface area contributed by atoms with Crippen molar-refractivity contribution in [2.24, 2.45) is 0 Å². The minimum atomic E-state index is 0.225. The molecule has 1 heteroatoms. The van der Waals surface area contributed by atoms with Crippen LogP contribution in [0.25, 0.3) is 0 Å². The molecule has 0 saturated heterocycles. The van der Waals surface area contributed by atoms with Crippen molar-refractivity contribution < 1.29 is 5.11 Å². The van der Waals surface area contributed by atoms with E-state index in [0.29, 0.717) is 0 Å². The van der Waals surface area contributed by atoms with E-state index in [1.54, 1.807) is 0 Å². The SMILES string of the molecule is Cc1cccc(C#CCCCO)c1. The fraction of sp³-hybridized carbons (Fsp3) is 0.333. The maximum atomic E-state index is 8.54. The molecular formula is C12H14O. The molecule has 0 aliphatic carbocycles. The summed E-state index contributed by atoms with van der Waals surface area (Å²) >= 11 is 0. The molecule has 0 fully saturated rings. The quantitative estimate of drug-likeness (QED) is 0.538. The molecule has 0 saturated carbocycles. The zero-order valence-corrected chi connectivity index (χ0v) is 7.88. The van der Waals surface area contributed by atoms with Crippen LogP contribution in [0.1, 0.15) is 24.0 Å². The Balaban J connectivity index is 2.56. The molecule has 1 N–H and O–H groups in total. The van der Waals surface area contributed by atoms with Gasteiger partial charge < -0.3 is 5.11 Å². The van der Waals surface area contributed by atoms with Gasteiger partial charge in [0.05, 0.1) is 0 Å². The van der Waals surface area contributed by atoms with Gasteiger partial charge in [0.15, 0.2) is 0 Å². The van der Waals surface area contributed by atoms with Crippen LogP contribution in [-0.2, 0) is 0 Å². The maximum absolute atomic E-state index is 8.54. The molecule has 0 heterocycles. The summed E-state index contributed by atoms with van der Waals surface area (Å²) in [5.41, 5.74) is 2.28. The van der Waals surface area contributed by atoms with E-state index in [9.17, 15) is 0 Å². The molecule has 0 amide bonds. The molecule has 1 aromatic rings. The molecule has 0 atom stereocenters. The first-order valence-corrected chi connectivity index (χ1v) is 4.49.